The maximum absolute atomic E-state index is 12.3. The van der Waals surface area contributed by atoms with Gasteiger partial charge in [-0.3, -0.25) is 4.57 Å². The van der Waals surface area contributed by atoms with E-state index in [9.17, 15) is 9.46 Å². The lowest BCUT2D eigenvalue weighted by Crippen LogP contribution is -2.39. The van der Waals surface area contributed by atoms with E-state index in [0.29, 0.717) is 29.3 Å². The summed E-state index contributed by atoms with van der Waals surface area (Å²) in [4.78, 5) is 22.5. The van der Waals surface area contributed by atoms with E-state index in [2.05, 4.69) is 69.8 Å². The third kappa shape index (κ3) is 13.1. The Labute approximate surface area is 262 Å². The summed E-state index contributed by atoms with van der Waals surface area (Å²) in [5, 5.41) is 1.41. The predicted molar refractivity (Wildman–Crippen MR) is 181 cm³/mol. The molecule has 3 aromatic rings. The molecule has 12 heteroatoms. The number of nitrogen functional groups attached to an aromatic ring is 1. The first-order chi connectivity index (χ1) is 20.7. The molecule has 0 aliphatic rings. The number of fused-ring (bicyclic) bond motifs is 1. The van der Waals surface area contributed by atoms with Gasteiger partial charge in [-0.1, -0.05) is 82.0 Å². The second-order valence-corrected chi connectivity index (χ2v) is 18.5. The number of rotatable bonds is 20. The number of hydrogen-bond acceptors (Lipinski definition) is 8. The van der Waals surface area contributed by atoms with Gasteiger partial charge in [0.2, 0.25) is 0 Å². The molecule has 43 heavy (non-hydrogen) atoms. The Balaban J connectivity index is 1.12. The minimum Gasteiger partial charge on any atom is -0.382 e. The van der Waals surface area contributed by atoms with Crippen molar-refractivity contribution in [2.75, 3.05) is 30.2 Å². The van der Waals surface area contributed by atoms with Gasteiger partial charge in [0.25, 0.3) is 0 Å². The highest BCUT2D eigenvalue weighted by atomic mass is 32.2. The van der Waals surface area contributed by atoms with Gasteiger partial charge >= 0.3 is 7.60 Å². The van der Waals surface area contributed by atoms with Crippen molar-refractivity contribution in [3.05, 3.63) is 43.0 Å². The fourth-order valence-corrected chi connectivity index (χ4v) is 8.22. The zero-order chi connectivity index (χ0) is 31.0. The first-order valence-electron chi connectivity index (χ1n) is 15.3. The van der Waals surface area contributed by atoms with Crippen LogP contribution in [0.3, 0.4) is 0 Å². The molecule has 1 unspecified atom stereocenters. The van der Waals surface area contributed by atoms with E-state index in [-0.39, 0.29) is 19.1 Å². The minimum absolute atomic E-state index is 0.231. The molecule has 0 spiro atoms. The lowest BCUT2D eigenvalue weighted by Gasteiger charge is -2.17. The highest BCUT2D eigenvalue weighted by Gasteiger charge is 2.22. The summed E-state index contributed by atoms with van der Waals surface area (Å²) in [6, 6.07) is 10.7. The summed E-state index contributed by atoms with van der Waals surface area (Å²) >= 11 is 1.76. The molecule has 0 aliphatic carbocycles. The van der Waals surface area contributed by atoms with E-state index in [4.69, 9.17) is 15.0 Å². The number of nitrogens with two attached hydrogens (primary N) is 1. The predicted octanol–water partition coefficient (Wildman–Crippen LogP) is 6.38. The summed E-state index contributed by atoms with van der Waals surface area (Å²) in [6.07, 6.45) is 13.3. The van der Waals surface area contributed by atoms with Crippen LogP contribution in [0.1, 0.15) is 64.7 Å². The number of hydrogen-bond donors (Lipinski definition) is 2. The highest BCUT2D eigenvalue weighted by Crippen LogP contribution is 2.42. The number of benzene rings is 1. The Morgan fingerprint density at radius 2 is 1.72 bits per heavy atom. The standard InChI is InChI=1S/C31H48N5O4PSSi/c1-27(23-36-25-35-29-30(32)33-24-34-31(29)36)39-26-41(37,38)40-19-21-42-20-15-10-8-6-4-5-7-9-11-16-22-43(2,3)28-17-13-12-14-18-28/h12-14,17-18,24-25,27H,4-11,15,19-21,23,26H2,1-3H3,(H,37,38)(H2,32,33,34)/t27-/m1/s1. The number of nitrogens with zero attached hydrogens (tertiary/aromatic N) is 4. The maximum atomic E-state index is 12.3. The first-order valence-corrected chi connectivity index (χ1v) is 21.2. The lowest BCUT2D eigenvalue weighted by molar-refractivity contribution is 0.0724. The number of anilines is 1. The zero-order valence-electron chi connectivity index (χ0n) is 25.9. The third-order valence-corrected chi connectivity index (χ3v) is 11.8. The summed E-state index contributed by atoms with van der Waals surface area (Å²) in [5.41, 5.74) is 10.5. The van der Waals surface area contributed by atoms with E-state index < -0.39 is 15.7 Å². The maximum Gasteiger partial charge on any atom is 0.353 e. The van der Waals surface area contributed by atoms with Gasteiger partial charge in [0.05, 0.1) is 25.6 Å². The van der Waals surface area contributed by atoms with Crippen molar-refractivity contribution in [2.24, 2.45) is 0 Å². The summed E-state index contributed by atoms with van der Waals surface area (Å²) in [7, 11) is -5.44. The highest BCUT2D eigenvalue weighted by molar-refractivity contribution is 7.99. The Bertz CT molecular complexity index is 1350. The van der Waals surface area contributed by atoms with Crippen molar-refractivity contribution in [1.82, 2.24) is 19.5 Å². The molecular weight excluding hydrogens is 597 g/mol. The summed E-state index contributed by atoms with van der Waals surface area (Å²) in [6.45, 7) is 7.12. The van der Waals surface area contributed by atoms with E-state index in [1.165, 1.54) is 56.5 Å². The van der Waals surface area contributed by atoms with Crippen LogP contribution >= 0.6 is 19.4 Å². The Morgan fingerprint density at radius 3 is 2.47 bits per heavy atom. The van der Waals surface area contributed by atoms with Crippen LogP contribution in [0, 0.1) is 11.5 Å². The van der Waals surface area contributed by atoms with Gasteiger partial charge in [-0.25, -0.2) is 15.0 Å². The topological polar surface area (TPSA) is 125 Å². The largest absolute Gasteiger partial charge is 0.382 e. The molecule has 2 heterocycles. The molecule has 0 amide bonds. The van der Waals surface area contributed by atoms with Crippen molar-refractivity contribution >= 4 is 49.6 Å². The van der Waals surface area contributed by atoms with Gasteiger partial charge in [0.15, 0.2) is 19.5 Å². The third-order valence-electron chi connectivity index (χ3n) is 7.16. The Morgan fingerprint density at radius 1 is 1.02 bits per heavy atom. The van der Waals surface area contributed by atoms with Crippen LogP contribution in [-0.2, 0) is 20.4 Å². The molecule has 3 rings (SSSR count). The Hall–Kier alpha value is -2.19. The first kappa shape index (κ1) is 35.3. The molecule has 2 atom stereocenters. The normalized spacial score (nSPS) is 13.9. The van der Waals surface area contributed by atoms with Gasteiger partial charge in [-0.15, -0.1) is 11.5 Å². The van der Waals surface area contributed by atoms with Crippen LogP contribution in [0.15, 0.2) is 43.0 Å². The van der Waals surface area contributed by atoms with Crippen LogP contribution in [0.25, 0.3) is 11.2 Å². The molecular formula is C31H48N5O4PSSi. The van der Waals surface area contributed by atoms with Gasteiger partial charge in [0.1, 0.15) is 18.2 Å². The molecule has 0 fully saturated rings. The molecule has 1 aromatic carbocycles. The lowest BCUT2D eigenvalue weighted by atomic mass is 10.1. The summed E-state index contributed by atoms with van der Waals surface area (Å²) in [5.74, 6) is 5.50. The van der Waals surface area contributed by atoms with Crippen LogP contribution in [0.2, 0.25) is 13.1 Å². The molecule has 0 bridgehead atoms. The average molecular weight is 646 g/mol. The van der Waals surface area contributed by atoms with Crippen molar-refractivity contribution < 1.29 is 18.7 Å². The van der Waals surface area contributed by atoms with Gasteiger partial charge < -0.3 is 24.5 Å². The van der Waals surface area contributed by atoms with Crippen LogP contribution in [0.4, 0.5) is 5.82 Å². The number of thioether (sulfide) groups is 1. The minimum atomic E-state index is -3.81. The summed E-state index contributed by atoms with van der Waals surface area (Å²) < 4.78 is 25.0. The number of imidazole rings is 1. The molecule has 0 saturated carbocycles. The molecule has 0 radical (unpaired) electrons. The van der Waals surface area contributed by atoms with Gasteiger partial charge in [-0.05, 0) is 30.7 Å². The fourth-order valence-electron chi connectivity index (χ4n) is 4.65. The molecule has 0 saturated heterocycles. The van der Waals surface area contributed by atoms with E-state index in [1.54, 1.807) is 22.7 Å². The smallest absolute Gasteiger partial charge is 0.353 e. The van der Waals surface area contributed by atoms with Crippen molar-refractivity contribution in [3.8, 4) is 11.5 Å². The van der Waals surface area contributed by atoms with Crippen LogP contribution in [0.5, 0.6) is 0 Å². The molecule has 2 aromatic heterocycles. The fraction of sp³-hybridized carbons (Fsp3) is 0.581. The molecule has 0 aliphatic heterocycles. The van der Waals surface area contributed by atoms with E-state index in [1.807, 2.05) is 6.92 Å². The number of unbranched alkanes of at least 4 members (excludes halogenated alkanes) is 8. The van der Waals surface area contributed by atoms with E-state index >= 15 is 0 Å². The van der Waals surface area contributed by atoms with Crippen molar-refractivity contribution in [3.63, 3.8) is 0 Å². The molecule has 3 N–H and O–H groups in total. The Kier molecular flexibility index (Phi) is 15.2. The van der Waals surface area contributed by atoms with Gasteiger partial charge in [0, 0.05) is 12.2 Å². The molecule has 9 nitrogen and oxygen atoms in total. The monoisotopic (exact) mass is 645 g/mol. The van der Waals surface area contributed by atoms with Gasteiger partial charge in [-0.2, -0.15) is 11.8 Å². The van der Waals surface area contributed by atoms with E-state index in [0.717, 1.165) is 18.6 Å². The molecule has 236 valence electrons. The van der Waals surface area contributed by atoms with Crippen LogP contribution in [-0.4, -0.2) is 63.1 Å². The van der Waals surface area contributed by atoms with Crippen molar-refractivity contribution in [2.45, 2.75) is 90.5 Å². The van der Waals surface area contributed by atoms with Crippen LogP contribution < -0.4 is 10.9 Å². The number of aromatic nitrogens is 4. The zero-order valence-corrected chi connectivity index (χ0v) is 28.6. The van der Waals surface area contributed by atoms with Crippen molar-refractivity contribution in [1.29, 1.82) is 0 Å². The average Bonchev–Trinajstić information content (AvgIpc) is 3.40. The quantitative estimate of drug-likeness (QED) is 0.0624. The number of ether oxygens (including phenoxy) is 1. The second-order valence-electron chi connectivity index (χ2n) is 11.4. The second kappa shape index (κ2) is 18.6. The SMILES string of the molecule is C[C@H](Cn1cnc2c(N)ncnc21)OCP(=O)(O)OCCSCCCCCCCCCCC#C[Si](C)(C)c1ccccc1.